The van der Waals surface area contributed by atoms with Crippen LogP contribution in [0.25, 0.3) is 0 Å². The van der Waals surface area contributed by atoms with Crippen molar-refractivity contribution in [1.29, 1.82) is 0 Å². The van der Waals surface area contributed by atoms with Gasteiger partial charge in [0.1, 0.15) is 0 Å². The summed E-state index contributed by atoms with van der Waals surface area (Å²) in [7, 11) is 0. The van der Waals surface area contributed by atoms with E-state index in [1.807, 2.05) is 30.3 Å². The zero-order valence-corrected chi connectivity index (χ0v) is 16.6. The number of ether oxygens (including phenoxy) is 1. The van der Waals surface area contributed by atoms with Gasteiger partial charge in [-0.15, -0.1) is 11.3 Å². The number of aromatic nitrogens is 1. The second-order valence-corrected chi connectivity index (χ2v) is 7.22. The van der Waals surface area contributed by atoms with E-state index in [2.05, 4.69) is 15.6 Å². The molecule has 2 N–H and O–H groups in total. The molecule has 0 saturated carbocycles. The summed E-state index contributed by atoms with van der Waals surface area (Å²) in [5.74, 6) is -1.09. The molecular formula is C20H18ClN3O3S. The molecule has 2 aromatic carbocycles. The van der Waals surface area contributed by atoms with Gasteiger partial charge in [-0.1, -0.05) is 41.9 Å². The number of rotatable bonds is 7. The van der Waals surface area contributed by atoms with Gasteiger partial charge in [0.25, 0.3) is 5.91 Å². The Labute approximate surface area is 171 Å². The minimum atomic E-state index is -0.967. The average molecular weight is 416 g/mol. The Morgan fingerprint density at radius 2 is 1.86 bits per heavy atom. The number of thiazole rings is 1. The zero-order valence-electron chi connectivity index (χ0n) is 15.0. The van der Waals surface area contributed by atoms with Crippen molar-refractivity contribution in [3.63, 3.8) is 0 Å². The van der Waals surface area contributed by atoms with Crippen LogP contribution in [0, 0.1) is 0 Å². The smallest absolute Gasteiger partial charge is 0.358 e. The number of carbonyl (C=O) groups is 2. The summed E-state index contributed by atoms with van der Waals surface area (Å²) in [6.07, 6.45) is -0.967. The highest BCUT2D eigenvalue weighted by Crippen LogP contribution is 2.18. The largest absolute Gasteiger partial charge is 0.448 e. The number of hydrogen-bond acceptors (Lipinski definition) is 6. The number of amides is 1. The van der Waals surface area contributed by atoms with Crippen molar-refractivity contribution in [2.45, 2.75) is 19.6 Å². The summed E-state index contributed by atoms with van der Waals surface area (Å²) in [6, 6.07) is 16.5. The first-order chi connectivity index (χ1) is 13.5. The van der Waals surface area contributed by atoms with Crippen LogP contribution >= 0.6 is 22.9 Å². The van der Waals surface area contributed by atoms with Gasteiger partial charge in [0.15, 0.2) is 16.9 Å². The number of anilines is 2. The third kappa shape index (κ3) is 5.55. The predicted octanol–water partition coefficient (Wildman–Crippen LogP) is 4.59. The van der Waals surface area contributed by atoms with Crippen molar-refractivity contribution in [3.05, 3.63) is 76.3 Å². The number of nitrogens with zero attached hydrogens (tertiary/aromatic N) is 1. The van der Waals surface area contributed by atoms with Gasteiger partial charge in [-0.2, -0.15) is 0 Å². The molecule has 3 rings (SSSR count). The van der Waals surface area contributed by atoms with Gasteiger partial charge in [-0.05, 0) is 36.8 Å². The van der Waals surface area contributed by atoms with E-state index < -0.39 is 18.0 Å². The van der Waals surface area contributed by atoms with E-state index >= 15 is 0 Å². The molecule has 0 spiro atoms. The van der Waals surface area contributed by atoms with E-state index in [1.165, 1.54) is 18.3 Å². The Balaban J connectivity index is 1.51. The van der Waals surface area contributed by atoms with E-state index in [4.69, 9.17) is 16.3 Å². The van der Waals surface area contributed by atoms with Crippen LogP contribution in [0.5, 0.6) is 0 Å². The van der Waals surface area contributed by atoms with Crippen LogP contribution in [0.3, 0.4) is 0 Å². The number of benzene rings is 2. The van der Waals surface area contributed by atoms with Crippen molar-refractivity contribution < 1.29 is 14.3 Å². The van der Waals surface area contributed by atoms with Crippen LogP contribution in [0.2, 0.25) is 5.02 Å². The van der Waals surface area contributed by atoms with Crippen molar-refractivity contribution in [1.82, 2.24) is 4.98 Å². The molecule has 1 amide bonds. The van der Waals surface area contributed by atoms with E-state index in [9.17, 15) is 9.59 Å². The van der Waals surface area contributed by atoms with E-state index in [0.717, 1.165) is 5.56 Å². The summed E-state index contributed by atoms with van der Waals surface area (Å²) in [5.41, 5.74) is 1.83. The van der Waals surface area contributed by atoms with Crippen molar-refractivity contribution in [2.75, 3.05) is 10.6 Å². The topological polar surface area (TPSA) is 80.3 Å². The normalized spacial score (nSPS) is 11.5. The summed E-state index contributed by atoms with van der Waals surface area (Å²) < 4.78 is 5.21. The molecule has 1 aromatic heterocycles. The number of esters is 1. The number of hydrogen-bond donors (Lipinski definition) is 2. The van der Waals surface area contributed by atoms with E-state index in [0.29, 0.717) is 22.4 Å². The standard InChI is InChI=1S/C20H18ClN3O3S/c1-13(18(25)23-16-9-7-15(21)8-10-16)27-19(26)17-12-28-20(24-17)22-11-14-5-3-2-4-6-14/h2-10,12-13H,11H2,1H3,(H,22,24)(H,23,25). The molecule has 1 heterocycles. The van der Waals surface area contributed by atoms with Crippen LogP contribution < -0.4 is 10.6 Å². The van der Waals surface area contributed by atoms with Gasteiger partial charge in [0.05, 0.1) is 0 Å². The quantitative estimate of drug-likeness (QED) is 0.551. The van der Waals surface area contributed by atoms with Crippen LogP contribution in [0.15, 0.2) is 60.0 Å². The summed E-state index contributed by atoms with van der Waals surface area (Å²) in [6.45, 7) is 2.10. The Morgan fingerprint density at radius 3 is 2.57 bits per heavy atom. The zero-order chi connectivity index (χ0) is 19.9. The number of halogens is 1. The molecule has 144 valence electrons. The predicted molar refractivity (Wildman–Crippen MR) is 111 cm³/mol. The van der Waals surface area contributed by atoms with E-state index in [-0.39, 0.29) is 5.69 Å². The van der Waals surface area contributed by atoms with Crippen molar-refractivity contribution in [3.8, 4) is 0 Å². The molecule has 1 unspecified atom stereocenters. The van der Waals surface area contributed by atoms with Gasteiger partial charge in [-0.25, -0.2) is 9.78 Å². The van der Waals surface area contributed by atoms with Crippen molar-refractivity contribution >= 4 is 45.6 Å². The third-order valence-electron chi connectivity index (χ3n) is 3.76. The summed E-state index contributed by atoms with van der Waals surface area (Å²) >= 11 is 7.11. The first kappa shape index (κ1) is 19.9. The van der Waals surface area contributed by atoms with Gasteiger partial charge < -0.3 is 15.4 Å². The lowest BCUT2D eigenvalue weighted by molar-refractivity contribution is -0.123. The maximum absolute atomic E-state index is 12.2. The minimum absolute atomic E-state index is 0.159. The second-order valence-electron chi connectivity index (χ2n) is 5.92. The molecule has 0 aliphatic heterocycles. The molecule has 3 aromatic rings. The molecule has 0 aliphatic rings. The van der Waals surface area contributed by atoms with Crippen molar-refractivity contribution in [2.24, 2.45) is 0 Å². The second kappa shape index (κ2) is 9.34. The van der Waals surface area contributed by atoms with Crippen LogP contribution in [-0.4, -0.2) is 23.0 Å². The van der Waals surface area contributed by atoms with E-state index in [1.54, 1.807) is 29.6 Å². The van der Waals surface area contributed by atoms with Gasteiger partial charge in [0.2, 0.25) is 0 Å². The highest BCUT2D eigenvalue weighted by molar-refractivity contribution is 7.13. The van der Waals surface area contributed by atoms with Gasteiger partial charge in [0, 0.05) is 22.6 Å². The first-order valence-electron chi connectivity index (χ1n) is 8.52. The highest BCUT2D eigenvalue weighted by Gasteiger charge is 2.21. The maximum Gasteiger partial charge on any atom is 0.358 e. The maximum atomic E-state index is 12.2. The number of nitrogens with one attached hydrogen (secondary N) is 2. The average Bonchev–Trinajstić information content (AvgIpc) is 3.18. The van der Waals surface area contributed by atoms with Gasteiger partial charge >= 0.3 is 5.97 Å². The molecule has 0 fully saturated rings. The van der Waals surface area contributed by atoms with Crippen LogP contribution in [0.1, 0.15) is 23.0 Å². The molecule has 28 heavy (non-hydrogen) atoms. The molecule has 6 nitrogen and oxygen atoms in total. The van der Waals surface area contributed by atoms with Crippen LogP contribution in [0.4, 0.5) is 10.8 Å². The third-order valence-corrected chi connectivity index (χ3v) is 4.82. The van der Waals surface area contributed by atoms with Crippen LogP contribution in [-0.2, 0) is 16.1 Å². The minimum Gasteiger partial charge on any atom is -0.448 e. The highest BCUT2D eigenvalue weighted by atomic mass is 35.5. The Bertz CT molecular complexity index is 945. The molecule has 0 aliphatic carbocycles. The summed E-state index contributed by atoms with van der Waals surface area (Å²) in [5, 5.41) is 8.59. The Kier molecular flexibility index (Phi) is 6.62. The monoisotopic (exact) mass is 415 g/mol. The van der Waals surface area contributed by atoms with Gasteiger partial charge in [-0.3, -0.25) is 4.79 Å². The molecule has 0 bridgehead atoms. The lowest BCUT2D eigenvalue weighted by Crippen LogP contribution is -2.30. The lowest BCUT2D eigenvalue weighted by atomic mass is 10.2. The molecular weight excluding hydrogens is 398 g/mol. The fourth-order valence-electron chi connectivity index (χ4n) is 2.27. The molecule has 8 heteroatoms. The molecule has 0 radical (unpaired) electrons. The molecule has 1 atom stereocenters. The number of carbonyl (C=O) groups excluding carboxylic acids is 2. The summed E-state index contributed by atoms with van der Waals surface area (Å²) in [4.78, 5) is 28.6. The fourth-order valence-corrected chi connectivity index (χ4v) is 3.08. The SMILES string of the molecule is CC(OC(=O)c1csc(NCc2ccccc2)n1)C(=O)Nc1ccc(Cl)cc1. The Hall–Kier alpha value is -2.90. The fraction of sp³-hybridized carbons (Fsp3) is 0.150. The first-order valence-corrected chi connectivity index (χ1v) is 9.78. The molecule has 0 saturated heterocycles. The lowest BCUT2D eigenvalue weighted by Gasteiger charge is -2.12. The Morgan fingerprint density at radius 1 is 1.14 bits per heavy atom.